The van der Waals surface area contributed by atoms with Crippen LogP contribution in [0.4, 0.5) is 4.79 Å². The van der Waals surface area contributed by atoms with Gasteiger partial charge in [0.15, 0.2) is 0 Å². The van der Waals surface area contributed by atoms with Crippen molar-refractivity contribution < 1.29 is 9.53 Å². The van der Waals surface area contributed by atoms with Crippen LogP contribution in [0.5, 0.6) is 0 Å². The number of nitrogens with one attached hydrogen (secondary N) is 1. The Morgan fingerprint density at radius 1 is 1.26 bits per heavy atom. The molecule has 140 valence electrons. The molecule has 1 aromatic heterocycles. The predicted octanol–water partition coefficient (Wildman–Crippen LogP) is 5.55. The maximum absolute atomic E-state index is 12.8. The standard InChI is InChI=1S/C21H22BrN3O2/c1-21(2,3)27-20(26)25-16-9-12(16)10-17(25)19-23-15-7-4-11-8-13(22)5-6-14(11)18(15)24-19/h4-8,12,16-17H,9-10H2,1-3H3,(H,23,24)/t12-,16-,17-/m1/s1. The number of likely N-dealkylation sites (tertiary alicyclic amines) is 1. The van der Waals surface area contributed by atoms with Crippen LogP contribution in [0.25, 0.3) is 21.8 Å². The molecule has 5 nitrogen and oxygen atoms in total. The molecule has 2 fully saturated rings. The molecule has 27 heavy (non-hydrogen) atoms. The molecule has 5 rings (SSSR count). The molecule has 6 heteroatoms. The summed E-state index contributed by atoms with van der Waals surface area (Å²) < 4.78 is 6.72. The quantitative estimate of drug-likeness (QED) is 0.553. The van der Waals surface area contributed by atoms with Gasteiger partial charge < -0.3 is 9.72 Å². The zero-order chi connectivity index (χ0) is 18.9. The van der Waals surface area contributed by atoms with Crippen LogP contribution in [0.15, 0.2) is 34.8 Å². The summed E-state index contributed by atoms with van der Waals surface area (Å²) in [7, 11) is 0. The van der Waals surface area contributed by atoms with Crippen LogP contribution < -0.4 is 0 Å². The lowest BCUT2D eigenvalue weighted by Crippen LogP contribution is -2.38. The van der Waals surface area contributed by atoms with E-state index >= 15 is 0 Å². The predicted molar refractivity (Wildman–Crippen MR) is 109 cm³/mol. The summed E-state index contributed by atoms with van der Waals surface area (Å²) in [5.74, 6) is 1.43. The van der Waals surface area contributed by atoms with Crippen LogP contribution in [0, 0.1) is 5.92 Å². The summed E-state index contributed by atoms with van der Waals surface area (Å²) in [4.78, 5) is 23.1. The van der Waals surface area contributed by atoms with Crippen LogP contribution in [-0.2, 0) is 4.74 Å². The molecule has 0 radical (unpaired) electrons. The van der Waals surface area contributed by atoms with E-state index in [1.54, 1.807) is 0 Å². The third-order valence-corrected chi connectivity index (χ3v) is 5.97. The molecule has 0 bridgehead atoms. The molecular weight excluding hydrogens is 406 g/mol. The highest BCUT2D eigenvalue weighted by Crippen LogP contribution is 2.53. The minimum absolute atomic E-state index is 0.0403. The molecule has 1 aliphatic carbocycles. The number of aromatic nitrogens is 2. The fraction of sp³-hybridized carbons (Fsp3) is 0.429. The molecule has 0 unspecified atom stereocenters. The van der Waals surface area contributed by atoms with Gasteiger partial charge >= 0.3 is 6.09 Å². The van der Waals surface area contributed by atoms with Crippen molar-refractivity contribution in [3.8, 4) is 0 Å². The number of hydrogen-bond donors (Lipinski definition) is 1. The number of aromatic amines is 1. The van der Waals surface area contributed by atoms with Gasteiger partial charge in [0.2, 0.25) is 0 Å². The van der Waals surface area contributed by atoms with Gasteiger partial charge in [0.25, 0.3) is 0 Å². The highest BCUT2D eigenvalue weighted by Gasteiger charge is 2.56. The Morgan fingerprint density at radius 2 is 2.07 bits per heavy atom. The molecule has 1 N–H and O–H groups in total. The highest BCUT2D eigenvalue weighted by atomic mass is 79.9. The van der Waals surface area contributed by atoms with Crippen LogP contribution in [0.3, 0.4) is 0 Å². The summed E-state index contributed by atoms with van der Waals surface area (Å²) in [6.07, 6.45) is 1.80. The van der Waals surface area contributed by atoms with Gasteiger partial charge in [-0.25, -0.2) is 9.78 Å². The van der Waals surface area contributed by atoms with Crippen LogP contribution in [0.1, 0.15) is 45.5 Å². The van der Waals surface area contributed by atoms with Crippen LogP contribution in [0.2, 0.25) is 0 Å². The van der Waals surface area contributed by atoms with Gasteiger partial charge in [0.1, 0.15) is 11.4 Å². The lowest BCUT2D eigenvalue weighted by atomic mass is 10.1. The number of piperidine rings is 1. The van der Waals surface area contributed by atoms with E-state index in [2.05, 4.69) is 45.2 Å². The van der Waals surface area contributed by atoms with Crippen LogP contribution in [-0.4, -0.2) is 32.6 Å². The van der Waals surface area contributed by atoms with Gasteiger partial charge in [0, 0.05) is 15.9 Å². The average molecular weight is 428 g/mol. The summed E-state index contributed by atoms with van der Waals surface area (Å²) >= 11 is 3.53. The third-order valence-electron chi connectivity index (χ3n) is 5.47. The first-order valence-corrected chi connectivity index (χ1v) is 10.2. The molecule has 0 spiro atoms. The van der Waals surface area contributed by atoms with Crippen molar-refractivity contribution in [2.45, 2.75) is 51.3 Å². The zero-order valence-corrected chi connectivity index (χ0v) is 17.2. The summed E-state index contributed by atoms with van der Waals surface area (Å²) in [6, 6.07) is 10.6. The maximum Gasteiger partial charge on any atom is 0.411 e. The Morgan fingerprint density at radius 3 is 2.85 bits per heavy atom. The second kappa shape index (κ2) is 5.71. The van der Waals surface area contributed by atoms with E-state index in [0.717, 1.165) is 44.9 Å². The topological polar surface area (TPSA) is 58.2 Å². The monoisotopic (exact) mass is 427 g/mol. The fourth-order valence-corrected chi connectivity index (χ4v) is 4.61. The van der Waals surface area contributed by atoms with Gasteiger partial charge in [-0.2, -0.15) is 0 Å². The molecule has 1 amide bonds. The van der Waals surface area contributed by atoms with E-state index in [0.29, 0.717) is 12.0 Å². The van der Waals surface area contributed by atoms with E-state index in [1.165, 1.54) is 0 Å². The second-order valence-electron chi connectivity index (χ2n) is 8.65. The molecule has 1 saturated carbocycles. The summed E-state index contributed by atoms with van der Waals surface area (Å²) in [5, 5.41) is 2.26. The zero-order valence-electron chi connectivity index (χ0n) is 15.6. The SMILES string of the molecule is CC(C)(C)OC(=O)N1[C@@H](c2nc3c(ccc4cc(Br)ccc43)[nH]2)C[C@H]2C[C@H]21. The van der Waals surface area contributed by atoms with Crippen molar-refractivity contribution in [3.63, 3.8) is 0 Å². The number of hydrogen-bond acceptors (Lipinski definition) is 3. The van der Waals surface area contributed by atoms with Crippen molar-refractivity contribution in [1.82, 2.24) is 14.9 Å². The van der Waals surface area contributed by atoms with E-state index in [9.17, 15) is 4.79 Å². The Balaban J connectivity index is 1.54. The van der Waals surface area contributed by atoms with Gasteiger partial charge in [-0.05, 0) is 63.1 Å². The third kappa shape index (κ3) is 2.90. The van der Waals surface area contributed by atoms with E-state index < -0.39 is 5.60 Å². The first-order chi connectivity index (χ1) is 12.8. The normalized spacial score (nSPS) is 24.4. The Hall–Kier alpha value is -2.08. The number of carbonyl (C=O) groups is 1. The van der Waals surface area contributed by atoms with Gasteiger partial charge in [-0.3, -0.25) is 4.90 Å². The largest absolute Gasteiger partial charge is 0.444 e. The molecule has 3 atom stereocenters. The maximum atomic E-state index is 12.8. The molecule has 1 saturated heterocycles. The second-order valence-corrected chi connectivity index (χ2v) is 9.57. The summed E-state index contributed by atoms with van der Waals surface area (Å²) in [5.41, 5.74) is 1.47. The number of H-pyrrole nitrogens is 1. The fourth-order valence-electron chi connectivity index (χ4n) is 4.23. The number of imidazole rings is 1. The molecule has 1 aliphatic heterocycles. The van der Waals surface area contributed by atoms with E-state index in [-0.39, 0.29) is 12.1 Å². The van der Waals surface area contributed by atoms with Gasteiger partial charge in [0.05, 0.1) is 17.1 Å². The molecule has 3 aromatic rings. The minimum atomic E-state index is -0.494. The number of ether oxygens (including phenoxy) is 1. The number of amides is 1. The number of carbonyl (C=O) groups excluding carboxylic acids is 1. The Bertz CT molecular complexity index is 1070. The lowest BCUT2D eigenvalue weighted by molar-refractivity contribution is 0.0175. The number of fused-ring (bicyclic) bond motifs is 4. The van der Waals surface area contributed by atoms with Crippen molar-refractivity contribution in [2.24, 2.45) is 5.92 Å². The Labute approximate surface area is 166 Å². The van der Waals surface area contributed by atoms with Crippen LogP contribution >= 0.6 is 15.9 Å². The Kier molecular flexibility index (Phi) is 3.60. The summed E-state index contributed by atoms with van der Waals surface area (Å²) in [6.45, 7) is 5.73. The number of benzene rings is 2. The number of rotatable bonds is 1. The lowest BCUT2D eigenvalue weighted by Gasteiger charge is -2.29. The molecular formula is C21H22BrN3O2. The molecule has 2 aromatic carbocycles. The number of nitrogens with zero attached hydrogens (tertiary/aromatic N) is 2. The smallest absolute Gasteiger partial charge is 0.411 e. The molecule has 2 heterocycles. The first-order valence-electron chi connectivity index (χ1n) is 9.39. The van der Waals surface area contributed by atoms with Gasteiger partial charge in [-0.15, -0.1) is 0 Å². The van der Waals surface area contributed by atoms with E-state index in [1.807, 2.05) is 31.7 Å². The van der Waals surface area contributed by atoms with Crippen molar-refractivity contribution in [3.05, 3.63) is 40.6 Å². The minimum Gasteiger partial charge on any atom is -0.444 e. The average Bonchev–Trinajstić information content (AvgIpc) is 3.03. The van der Waals surface area contributed by atoms with Crippen molar-refractivity contribution in [1.29, 1.82) is 0 Å². The van der Waals surface area contributed by atoms with E-state index in [4.69, 9.17) is 9.72 Å². The van der Waals surface area contributed by atoms with Crippen molar-refractivity contribution in [2.75, 3.05) is 0 Å². The van der Waals surface area contributed by atoms with Crippen molar-refractivity contribution >= 4 is 43.8 Å². The first kappa shape index (κ1) is 17.0. The number of halogens is 1. The highest BCUT2D eigenvalue weighted by molar-refractivity contribution is 9.10. The molecule has 2 aliphatic rings. The van der Waals surface area contributed by atoms with Gasteiger partial charge in [-0.1, -0.05) is 28.1 Å².